The molecular weight excluding hydrogens is 224 g/mol. The van der Waals surface area contributed by atoms with Gasteiger partial charge in [-0.25, -0.2) is 0 Å². The lowest BCUT2D eigenvalue weighted by molar-refractivity contribution is 0.277. The molecule has 1 heterocycles. The number of nitrogens with zero attached hydrogens (tertiary/aromatic N) is 3. The van der Waals surface area contributed by atoms with Crippen LogP contribution in [0, 0.1) is 5.92 Å². The summed E-state index contributed by atoms with van der Waals surface area (Å²) in [5, 5.41) is 4.71. The van der Waals surface area contributed by atoms with Gasteiger partial charge in [0.1, 0.15) is 0 Å². The van der Waals surface area contributed by atoms with Crippen LogP contribution in [0.25, 0.3) is 0 Å². The highest BCUT2D eigenvalue weighted by atomic mass is 15.3. The van der Waals surface area contributed by atoms with E-state index in [4.69, 9.17) is 10.8 Å². The summed E-state index contributed by atoms with van der Waals surface area (Å²) in [6.07, 6.45) is 7.44. The van der Waals surface area contributed by atoms with Crippen molar-refractivity contribution in [3.8, 4) is 0 Å². The van der Waals surface area contributed by atoms with Crippen molar-refractivity contribution in [1.29, 1.82) is 0 Å². The zero-order valence-corrected chi connectivity index (χ0v) is 11.7. The van der Waals surface area contributed by atoms with Crippen molar-refractivity contribution in [1.82, 2.24) is 14.7 Å². The van der Waals surface area contributed by atoms with Gasteiger partial charge in [0.25, 0.3) is 0 Å². The van der Waals surface area contributed by atoms with Gasteiger partial charge in [-0.2, -0.15) is 5.10 Å². The van der Waals surface area contributed by atoms with Crippen molar-refractivity contribution in [3.05, 3.63) is 18.0 Å². The maximum atomic E-state index is 5.65. The first-order valence-electron chi connectivity index (χ1n) is 7.11. The van der Waals surface area contributed by atoms with E-state index < -0.39 is 0 Å². The first-order chi connectivity index (χ1) is 8.69. The zero-order chi connectivity index (χ0) is 13.0. The van der Waals surface area contributed by atoms with Crippen molar-refractivity contribution in [2.24, 2.45) is 11.7 Å². The highest BCUT2D eigenvalue weighted by molar-refractivity contribution is 5.00. The zero-order valence-electron chi connectivity index (χ0n) is 11.7. The third-order valence-corrected chi connectivity index (χ3v) is 3.82. The van der Waals surface area contributed by atoms with Crippen LogP contribution < -0.4 is 5.73 Å². The minimum absolute atomic E-state index is 0.548. The molecule has 0 aliphatic heterocycles. The number of nitrogens with two attached hydrogens (primary N) is 1. The SMILES string of the molecule is CC(CN)CN(C)Cc1ccn(C2CCCC2)n1. The monoisotopic (exact) mass is 250 g/mol. The Kier molecular flexibility index (Phi) is 4.78. The third kappa shape index (κ3) is 3.56. The van der Waals surface area contributed by atoms with E-state index in [0.717, 1.165) is 19.6 Å². The standard InChI is InChI=1S/C14H26N4/c1-12(9-15)10-17(2)11-13-7-8-18(16-13)14-5-3-4-6-14/h7-8,12,14H,3-6,9-11,15H2,1-2H3. The molecule has 4 heteroatoms. The van der Waals surface area contributed by atoms with Crippen molar-refractivity contribution < 1.29 is 0 Å². The lowest BCUT2D eigenvalue weighted by Gasteiger charge is -2.19. The molecule has 1 saturated carbocycles. The second kappa shape index (κ2) is 6.34. The van der Waals surface area contributed by atoms with Crippen LogP contribution in [0.4, 0.5) is 0 Å². The summed E-state index contributed by atoms with van der Waals surface area (Å²) in [5.74, 6) is 0.548. The topological polar surface area (TPSA) is 47.1 Å². The van der Waals surface area contributed by atoms with E-state index in [0.29, 0.717) is 12.0 Å². The van der Waals surface area contributed by atoms with Gasteiger partial charge in [0.2, 0.25) is 0 Å². The smallest absolute Gasteiger partial charge is 0.0764 e. The van der Waals surface area contributed by atoms with Gasteiger partial charge < -0.3 is 10.6 Å². The van der Waals surface area contributed by atoms with Crippen LogP contribution in [0.3, 0.4) is 0 Å². The Labute approximate surface area is 110 Å². The molecule has 102 valence electrons. The molecule has 0 spiro atoms. The van der Waals surface area contributed by atoms with Gasteiger partial charge in [0.05, 0.1) is 11.7 Å². The quantitative estimate of drug-likeness (QED) is 0.840. The lowest BCUT2D eigenvalue weighted by atomic mass is 10.2. The average Bonchev–Trinajstić information content (AvgIpc) is 2.98. The average molecular weight is 250 g/mol. The summed E-state index contributed by atoms with van der Waals surface area (Å²) in [4.78, 5) is 2.30. The van der Waals surface area contributed by atoms with Crippen LogP contribution >= 0.6 is 0 Å². The van der Waals surface area contributed by atoms with Gasteiger partial charge in [-0.15, -0.1) is 0 Å². The third-order valence-electron chi connectivity index (χ3n) is 3.82. The molecular formula is C14H26N4. The molecule has 18 heavy (non-hydrogen) atoms. The predicted molar refractivity (Wildman–Crippen MR) is 74.3 cm³/mol. The van der Waals surface area contributed by atoms with E-state index in [9.17, 15) is 0 Å². The molecule has 0 aromatic carbocycles. The fourth-order valence-electron chi connectivity index (χ4n) is 2.78. The Bertz CT molecular complexity index is 354. The molecule has 1 fully saturated rings. The highest BCUT2D eigenvalue weighted by Gasteiger charge is 2.17. The van der Waals surface area contributed by atoms with E-state index >= 15 is 0 Å². The molecule has 1 aliphatic rings. The van der Waals surface area contributed by atoms with Crippen LogP contribution in [0.1, 0.15) is 44.3 Å². The summed E-state index contributed by atoms with van der Waals surface area (Å²) < 4.78 is 2.17. The van der Waals surface area contributed by atoms with E-state index in [2.05, 4.69) is 35.8 Å². The van der Waals surface area contributed by atoms with Crippen molar-refractivity contribution >= 4 is 0 Å². The largest absolute Gasteiger partial charge is 0.330 e. The van der Waals surface area contributed by atoms with Gasteiger partial charge >= 0.3 is 0 Å². The summed E-state index contributed by atoms with van der Waals surface area (Å²) >= 11 is 0. The van der Waals surface area contributed by atoms with Crippen LogP contribution in [-0.2, 0) is 6.54 Å². The normalized spacial score (nSPS) is 18.7. The molecule has 1 atom stereocenters. The molecule has 0 radical (unpaired) electrons. The van der Waals surface area contributed by atoms with E-state index in [1.165, 1.54) is 31.4 Å². The van der Waals surface area contributed by atoms with Crippen LogP contribution in [0.5, 0.6) is 0 Å². The summed E-state index contributed by atoms with van der Waals surface area (Å²) in [6.45, 7) is 4.89. The minimum Gasteiger partial charge on any atom is -0.330 e. The van der Waals surface area contributed by atoms with Gasteiger partial charge in [0.15, 0.2) is 0 Å². The molecule has 0 amide bonds. The van der Waals surface area contributed by atoms with Crippen LogP contribution in [0.15, 0.2) is 12.3 Å². The summed E-state index contributed by atoms with van der Waals surface area (Å²) in [6, 6.07) is 2.80. The predicted octanol–water partition coefficient (Wildman–Crippen LogP) is 2.02. The maximum Gasteiger partial charge on any atom is 0.0764 e. The van der Waals surface area contributed by atoms with Gasteiger partial charge in [-0.3, -0.25) is 4.68 Å². The Morgan fingerprint density at radius 3 is 2.89 bits per heavy atom. The summed E-state index contributed by atoms with van der Waals surface area (Å²) in [5.41, 5.74) is 6.83. The fraction of sp³-hybridized carbons (Fsp3) is 0.786. The Hall–Kier alpha value is -0.870. The fourth-order valence-corrected chi connectivity index (χ4v) is 2.78. The second-order valence-corrected chi connectivity index (χ2v) is 5.76. The van der Waals surface area contributed by atoms with E-state index in [1.807, 2.05) is 0 Å². The molecule has 1 aliphatic carbocycles. The molecule has 0 saturated heterocycles. The molecule has 2 N–H and O–H groups in total. The van der Waals surface area contributed by atoms with Gasteiger partial charge in [-0.1, -0.05) is 19.8 Å². The van der Waals surface area contributed by atoms with Crippen molar-refractivity contribution in [2.45, 2.75) is 45.2 Å². The van der Waals surface area contributed by atoms with Crippen molar-refractivity contribution in [3.63, 3.8) is 0 Å². The van der Waals surface area contributed by atoms with Crippen molar-refractivity contribution in [2.75, 3.05) is 20.1 Å². The molecule has 1 unspecified atom stereocenters. The van der Waals surface area contributed by atoms with E-state index in [1.54, 1.807) is 0 Å². The molecule has 4 nitrogen and oxygen atoms in total. The first kappa shape index (κ1) is 13.6. The maximum absolute atomic E-state index is 5.65. The lowest BCUT2D eigenvalue weighted by Crippen LogP contribution is -2.28. The molecule has 1 aromatic heterocycles. The van der Waals surface area contributed by atoms with Crippen LogP contribution in [0.2, 0.25) is 0 Å². The highest BCUT2D eigenvalue weighted by Crippen LogP contribution is 2.28. The Balaban J connectivity index is 1.85. The van der Waals surface area contributed by atoms with Gasteiger partial charge in [0, 0.05) is 19.3 Å². The number of rotatable bonds is 6. The first-order valence-corrected chi connectivity index (χ1v) is 7.11. The second-order valence-electron chi connectivity index (χ2n) is 5.76. The minimum atomic E-state index is 0.548. The molecule has 0 bridgehead atoms. The Morgan fingerprint density at radius 1 is 1.50 bits per heavy atom. The number of hydrogen-bond donors (Lipinski definition) is 1. The summed E-state index contributed by atoms with van der Waals surface area (Å²) in [7, 11) is 2.14. The van der Waals surface area contributed by atoms with Crippen LogP contribution in [-0.4, -0.2) is 34.8 Å². The molecule has 1 aromatic rings. The van der Waals surface area contributed by atoms with Gasteiger partial charge in [-0.05, 0) is 38.4 Å². The number of aromatic nitrogens is 2. The number of hydrogen-bond acceptors (Lipinski definition) is 3. The van der Waals surface area contributed by atoms with E-state index in [-0.39, 0.29) is 0 Å². The molecule has 2 rings (SSSR count). The Morgan fingerprint density at radius 2 is 2.22 bits per heavy atom.